The summed E-state index contributed by atoms with van der Waals surface area (Å²) < 4.78 is 39.4. The van der Waals surface area contributed by atoms with Gasteiger partial charge in [0, 0.05) is 17.6 Å². The van der Waals surface area contributed by atoms with Crippen molar-refractivity contribution in [3.8, 4) is 0 Å². The van der Waals surface area contributed by atoms with E-state index in [2.05, 4.69) is 0 Å². The fourth-order valence-corrected chi connectivity index (χ4v) is 5.04. The monoisotopic (exact) mass is 474 g/mol. The third kappa shape index (κ3) is 4.31. The summed E-state index contributed by atoms with van der Waals surface area (Å²) in [6, 6.07) is 14.5. The van der Waals surface area contributed by atoms with Gasteiger partial charge >= 0.3 is 6.18 Å². The Morgan fingerprint density at radius 3 is 1.94 bits per heavy atom. The quantitative estimate of drug-likeness (QED) is 0.650. The smallest absolute Gasteiger partial charge is 0.376 e. The molecule has 0 bridgehead atoms. The van der Waals surface area contributed by atoms with Gasteiger partial charge in [-0.1, -0.05) is 42.5 Å². The number of rotatable bonds is 6. The zero-order chi connectivity index (χ0) is 24.7. The van der Waals surface area contributed by atoms with Crippen LogP contribution in [0.25, 0.3) is 0 Å². The summed E-state index contributed by atoms with van der Waals surface area (Å²) in [7, 11) is 0. The summed E-state index contributed by atoms with van der Waals surface area (Å²) in [5, 5.41) is 9.89. The summed E-state index contributed by atoms with van der Waals surface area (Å²) in [6.07, 6.45) is -0.790. The number of alkyl halides is 3. The van der Waals surface area contributed by atoms with Crippen molar-refractivity contribution >= 4 is 11.8 Å². The van der Waals surface area contributed by atoms with Crippen molar-refractivity contribution in [3.63, 3.8) is 0 Å². The average molecular weight is 475 g/mol. The maximum Gasteiger partial charge on any atom is 0.421 e. The first-order valence-electron chi connectivity index (χ1n) is 11.5. The molecule has 0 aliphatic heterocycles. The van der Waals surface area contributed by atoms with Crippen LogP contribution in [0.3, 0.4) is 0 Å². The van der Waals surface area contributed by atoms with Gasteiger partial charge in [0.25, 0.3) is 5.91 Å². The lowest BCUT2D eigenvalue weighted by Crippen LogP contribution is -2.50. The third-order valence-electron chi connectivity index (χ3n) is 7.42. The van der Waals surface area contributed by atoms with E-state index in [0.717, 1.165) is 30.5 Å². The molecule has 2 aromatic rings. The molecular formula is C26H29F3N2O3. The molecule has 2 aliphatic carbocycles. The van der Waals surface area contributed by atoms with Gasteiger partial charge in [0.15, 0.2) is 5.60 Å². The van der Waals surface area contributed by atoms with Crippen LogP contribution in [0.15, 0.2) is 54.6 Å². The second-order valence-corrected chi connectivity index (χ2v) is 9.63. The van der Waals surface area contributed by atoms with E-state index >= 15 is 0 Å². The SMILES string of the molecule is C[C@](O)(c1ccc(C(=O)N(C2CC2)[C@H]2CC[C@](C(N)=O)(c3ccccc3)CC2)cc1)C(F)(F)F. The summed E-state index contributed by atoms with van der Waals surface area (Å²) >= 11 is 0. The second-order valence-electron chi connectivity index (χ2n) is 9.63. The molecule has 0 saturated heterocycles. The summed E-state index contributed by atoms with van der Waals surface area (Å²) in [4.78, 5) is 27.7. The van der Waals surface area contributed by atoms with Crippen LogP contribution in [-0.4, -0.2) is 40.1 Å². The molecule has 0 spiro atoms. The highest BCUT2D eigenvalue weighted by atomic mass is 19.4. The van der Waals surface area contributed by atoms with Crippen molar-refractivity contribution < 1.29 is 27.9 Å². The highest BCUT2D eigenvalue weighted by Crippen LogP contribution is 2.43. The van der Waals surface area contributed by atoms with Crippen molar-refractivity contribution in [2.24, 2.45) is 5.73 Å². The van der Waals surface area contributed by atoms with Gasteiger partial charge in [-0.2, -0.15) is 13.2 Å². The Hall–Kier alpha value is -2.87. The fourth-order valence-electron chi connectivity index (χ4n) is 5.04. The van der Waals surface area contributed by atoms with Crippen molar-refractivity contribution in [2.75, 3.05) is 0 Å². The minimum atomic E-state index is -4.83. The lowest BCUT2D eigenvalue weighted by molar-refractivity contribution is -0.258. The number of benzene rings is 2. The van der Waals surface area contributed by atoms with Gasteiger partial charge in [0.2, 0.25) is 5.91 Å². The number of nitrogens with zero attached hydrogens (tertiary/aromatic N) is 1. The zero-order valence-corrected chi connectivity index (χ0v) is 19.0. The van der Waals surface area contributed by atoms with Gasteiger partial charge in [-0.15, -0.1) is 0 Å². The Bertz CT molecular complexity index is 1040. The normalized spacial score (nSPS) is 24.8. The van der Waals surface area contributed by atoms with E-state index in [0.29, 0.717) is 32.6 Å². The highest BCUT2D eigenvalue weighted by Gasteiger charge is 2.51. The van der Waals surface area contributed by atoms with Crippen LogP contribution in [0, 0.1) is 0 Å². The molecule has 0 heterocycles. The summed E-state index contributed by atoms with van der Waals surface area (Å²) in [5.41, 5.74) is 2.93. The second kappa shape index (κ2) is 8.73. The van der Waals surface area contributed by atoms with Crippen LogP contribution < -0.4 is 5.73 Å². The lowest BCUT2D eigenvalue weighted by Gasteiger charge is -2.42. The molecule has 1 atom stereocenters. The van der Waals surface area contributed by atoms with E-state index < -0.39 is 17.2 Å². The van der Waals surface area contributed by atoms with Crippen LogP contribution in [0.1, 0.15) is 66.9 Å². The lowest BCUT2D eigenvalue weighted by atomic mass is 9.67. The number of carbonyl (C=O) groups excluding carboxylic acids is 2. The number of amides is 2. The van der Waals surface area contributed by atoms with Crippen LogP contribution in [0.5, 0.6) is 0 Å². The number of hydrogen-bond acceptors (Lipinski definition) is 3. The van der Waals surface area contributed by atoms with Crippen molar-refractivity contribution in [3.05, 3.63) is 71.3 Å². The molecule has 182 valence electrons. The fraction of sp³-hybridized carbons (Fsp3) is 0.462. The van der Waals surface area contributed by atoms with E-state index in [1.807, 2.05) is 35.2 Å². The standard InChI is InChI=1S/C26H29F3N2O3/c1-24(34,26(27,28)29)18-9-7-17(8-10-18)22(32)31(20-11-12-20)21-13-15-25(16-14-21,23(30)33)19-5-3-2-4-6-19/h2-10,20-21,34H,11-16H2,1H3,(H2,30,33)/t21-,24-,25+/m0/s1. The highest BCUT2D eigenvalue weighted by molar-refractivity contribution is 5.95. The molecule has 0 aromatic heterocycles. The predicted octanol–water partition coefficient (Wildman–Crippen LogP) is 4.43. The number of hydrogen-bond donors (Lipinski definition) is 2. The molecule has 34 heavy (non-hydrogen) atoms. The minimum absolute atomic E-state index is 0.0749. The van der Waals surface area contributed by atoms with Crippen LogP contribution in [0.2, 0.25) is 0 Å². The minimum Gasteiger partial charge on any atom is -0.376 e. The van der Waals surface area contributed by atoms with Gasteiger partial charge in [-0.05, 0) is 68.7 Å². The van der Waals surface area contributed by atoms with Crippen molar-refractivity contribution in [1.29, 1.82) is 0 Å². The van der Waals surface area contributed by atoms with E-state index in [1.165, 1.54) is 12.1 Å². The average Bonchev–Trinajstić information content (AvgIpc) is 3.64. The topological polar surface area (TPSA) is 83.6 Å². The first-order valence-corrected chi connectivity index (χ1v) is 11.5. The Morgan fingerprint density at radius 2 is 1.47 bits per heavy atom. The Labute approximate surface area is 196 Å². The molecule has 5 nitrogen and oxygen atoms in total. The maximum atomic E-state index is 13.4. The number of halogens is 3. The molecule has 2 saturated carbocycles. The molecule has 8 heteroatoms. The van der Waals surface area contributed by atoms with Crippen LogP contribution in [0.4, 0.5) is 13.2 Å². The molecule has 3 N–H and O–H groups in total. The van der Waals surface area contributed by atoms with Gasteiger partial charge in [0.1, 0.15) is 0 Å². The van der Waals surface area contributed by atoms with Gasteiger partial charge in [-0.3, -0.25) is 9.59 Å². The van der Waals surface area contributed by atoms with Crippen LogP contribution >= 0.6 is 0 Å². The zero-order valence-electron chi connectivity index (χ0n) is 19.0. The summed E-state index contributed by atoms with van der Waals surface area (Å²) in [6.45, 7) is 0.695. The summed E-state index contributed by atoms with van der Waals surface area (Å²) in [5.74, 6) is -0.606. The van der Waals surface area contributed by atoms with Crippen molar-refractivity contribution in [2.45, 2.75) is 74.7 Å². The molecule has 0 unspecified atom stereocenters. The van der Waals surface area contributed by atoms with Gasteiger partial charge < -0.3 is 15.7 Å². The number of nitrogens with two attached hydrogens (primary N) is 1. The number of primary amides is 1. The van der Waals surface area contributed by atoms with Crippen molar-refractivity contribution in [1.82, 2.24) is 4.90 Å². The van der Waals surface area contributed by atoms with E-state index in [1.54, 1.807) is 0 Å². The third-order valence-corrected chi connectivity index (χ3v) is 7.42. The largest absolute Gasteiger partial charge is 0.421 e. The van der Waals surface area contributed by atoms with Gasteiger partial charge in [0.05, 0.1) is 5.41 Å². The van der Waals surface area contributed by atoms with E-state index in [9.17, 15) is 27.9 Å². The Morgan fingerprint density at radius 1 is 0.941 bits per heavy atom. The van der Waals surface area contributed by atoms with Crippen LogP contribution in [-0.2, 0) is 15.8 Å². The van der Waals surface area contributed by atoms with Gasteiger partial charge in [-0.25, -0.2) is 0 Å². The Kier molecular flexibility index (Phi) is 6.23. The predicted molar refractivity (Wildman–Crippen MR) is 121 cm³/mol. The molecular weight excluding hydrogens is 445 g/mol. The molecule has 2 fully saturated rings. The maximum absolute atomic E-state index is 13.4. The molecule has 2 aromatic carbocycles. The molecule has 4 rings (SSSR count). The first kappa shape index (κ1) is 24.3. The molecule has 2 amide bonds. The molecule has 0 radical (unpaired) electrons. The number of carbonyl (C=O) groups is 2. The first-order chi connectivity index (χ1) is 16.0. The van der Waals surface area contributed by atoms with E-state index in [-0.39, 0.29) is 35.0 Å². The number of aliphatic hydroxyl groups is 1. The van der Waals surface area contributed by atoms with E-state index in [4.69, 9.17) is 5.73 Å². The molecule has 2 aliphatic rings. The Balaban J connectivity index is 1.53.